The first-order chi connectivity index (χ1) is 5.63. The maximum absolute atomic E-state index is 11.4. The van der Waals surface area contributed by atoms with Crippen LogP contribution in [0.15, 0.2) is 36.4 Å². The second-order valence-electron chi connectivity index (χ2n) is 2.70. The third kappa shape index (κ3) is 1.53. The Hall–Kier alpha value is -1.57. The van der Waals surface area contributed by atoms with E-state index in [9.17, 15) is 4.79 Å². The van der Waals surface area contributed by atoms with Crippen molar-refractivity contribution in [3.63, 3.8) is 0 Å². The molecule has 0 bridgehead atoms. The van der Waals surface area contributed by atoms with Crippen molar-refractivity contribution in [2.45, 2.75) is 6.92 Å². The number of carbonyl (C=O) groups is 1. The lowest BCUT2D eigenvalue weighted by atomic mass is 10.0. The molecular formula is C10H11NO. The van der Waals surface area contributed by atoms with Gasteiger partial charge in [0.15, 0.2) is 5.78 Å². The fraction of sp³-hybridized carbons (Fsp3) is 0.100. The van der Waals surface area contributed by atoms with Gasteiger partial charge in [-0.15, -0.1) is 0 Å². The molecule has 0 saturated heterocycles. The molecule has 1 aromatic carbocycles. The topological polar surface area (TPSA) is 43.1 Å². The summed E-state index contributed by atoms with van der Waals surface area (Å²) in [7, 11) is 0. The van der Waals surface area contributed by atoms with Crippen molar-refractivity contribution in [1.82, 2.24) is 0 Å². The molecule has 0 fully saturated rings. The number of allylic oxidation sites excluding steroid dienone is 1. The molecule has 2 heteroatoms. The second-order valence-corrected chi connectivity index (χ2v) is 2.70. The number of hydrogen-bond acceptors (Lipinski definition) is 2. The van der Waals surface area contributed by atoms with Crippen LogP contribution in [0.4, 0.5) is 5.69 Å². The Morgan fingerprint density at radius 1 is 1.42 bits per heavy atom. The van der Waals surface area contributed by atoms with Gasteiger partial charge in [-0.05, 0) is 24.6 Å². The van der Waals surface area contributed by atoms with Crippen molar-refractivity contribution in [2.75, 3.05) is 5.73 Å². The highest BCUT2D eigenvalue weighted by Crippen LogP contribution is 2.13. The molecule has 0 saturated carbocycles. The summed E-state index contributed by atoms with van der Waals surface area (Å²) in [4.78, 5) is 11.4. The zero-order valence-corrected chi connectivity index (χ0v) is 7.00. The SMILES string of the molecule is C=C(C)C(=O)c1ccccc1N. The number of nitrogens with two attached hydrogens (primary N) is 1. The van der Waals surface area contributed by atoms with Crippen molar-refractivity contribution in [2.24, 2.45) is 0 Å². The molecular weight excluding hydrogens is 150 g/mol. The Morgan fingerprint density at radius 2 is 2.00 bits per heavy atom. The van der Waals surface area contributed by atoms with Crippen LogP contribution in [0.5, 0.6) is 0 Å². The van der Waals surface area contributed by atoms with Gasteiger partial charge in [0.05, 0.1) is 0 Å². The number of anilines is 1. The van der Waals surface area contributed by atoms with E-state index in [0.29, 0.717) is 16.8 Å². The van der Waals surface area contributed by atoms with E-state index in [1.54, 1.807) is 31.2 Å². The lowest BCUT2D eigenvalue weighted by molar-refractivity contribution is 0.103. The molecule has 0 atom stereocenters. The first-order valence-electron chi connectivity index (χ1n) is 3.67. The van der Waals surface area contributed by atoms with Gasteiger partial charge in [0, 0.05) is 11.3 Å². The zero-order chi connectivity index (χ0) is 9.14. The molecule has 12 heavy (non-hydrogen) atoms. The highest BCUT2D eigenvalue weighted by Gasteiger charge is 2.08. The highest BCUT2D eigenvalue weighted by molar-refractivity contribution is 6.11. The van der Waals surface area contributed by atoms with Crippen LogP contribution in [-0.4, -0.2) is 5.78 Å². The Labute approximate surface area is 71.7 Å². The molecule has 62 valence electrons. The monoisotopic (exact) mass is 161 g/mol. The summed E-state index contributed by atoms with van der Waals surface area (Å²) in [5, 5.41) is 0. The van der Waals surface area contributed by atoms with E-state index in [2.05, 4.69) is 6.58 Å². The minimum atomic E-state index is -0.0897. The molecule has 1 rings (SSSR count). The molecule has 2 nitrogen and oxygen atoms in total. The van der Waals surface area contributed by atoms with Crippen LogP contribution >= 0.6 is 0 Å². The molecule has 1 aromatic rings. The number of Topliss-reactive ketones (excluding diaryl/α,β-unsaturated/α-hetero) is 1. The second kappa shape index (κ2) is 3.22. The summed E-state index contributed by atoms with van der Waals surface area (Å²) in [5.41, 5.74) is 7.14. The summed E-state index contributed by atoms with van der Waals surface area (Å²) < 4.78 is 0. The van der Waals surface area contributed by atoms with Crippen LogP contribution in [0, 0.1) is 0 Å². The van der Waals surface area contributed by atoms with E-state index >= 15 is 0 Å². The van der Waals surface area contributed by atoms with Gasteiger partial charge in [0.25, 0.3) is 0 Å². The number of nitrogen functional groups attached to an aromatic ring is 1. The van der Waals surface area contributed by atoms with Gasteiger partial charge < -0.3 is 5.73 Å². The summed E-state index contributed by atoms with van der Waals surface area (Å²) in [5.74, 6) is -0.0897. The van der Waals surface area contributed by atoms with Crippen LogP contribution in [0.3, 0.4) is 0 Å². The first-order valence-corrected chi connectivity index (χ1v) is 3.67. The highest BCUT2D eigenvalue weighted by atomic mass is 16.1. The fourth-order valence-corrected chi connectivity index (χ4v) is 0.934. The molecule has 2 N–H and O–H groups in total. The van der Waals surface area contributed by atoms with Crippen LogP contribution in [0.2, 0.25) is 0 Å². The first kappa shape index (κ1) is 8.53. The number of benzene rings is 1. The Balaban J connectivity index is 3.11. The fourth-order valence-electron chi connectivity index (χ4n) is 0.934. The minimum absolute atomic E-state index is 0.0897. The molecule has 0 aliphatic heterocycles. The van der Waals surface area contributed by atoms with Crippen LogP contribution in [0.25, 0.3) is 0 Å². The van der Waals surface area contributed by atoms with Crippen molar-refractivity contribution >= 4 is 11.5 Å². The number of rotatable bonds is 2. The minimum Gasteiger partial charge on any atom is -0.398 e. The molecule has 0 aliphatic carbocycles. The normalized spacial score (nSPS) is 9.42. The summed E-state index contributed by atoms with van der Waals surface area (Å²) >= 11 is 0. The van der Waals surface area contributed by atoms with Gasteiger partial charge in [-0.25, -0.2) is 0 Å². The number of hydrogen-bond donors (Lipinski definition) is 1. The van der Waals surface area contributed by atoms with Crippen molar-refractivity contribution in [3.05, 3.63) is 42.0 Å². The molecule has 0 aromatic heterocycles. The van der Waals surface area contributed by atoms with Gasteiger partial charge in [-0.3, -0.25) is 4.79 Å². The molecule has 0 amide bonds. The average Bonchev–Trinajstić information content (AvgIpc) is 2.04. The van der Waals surface area contributed by atoms with Crippen LogP contribution in [-0.2, 0) is 0 Å². The van der Waals surface area contributed by atoms with E-state index < -0.39 is 0 Å². The maximum Gasteiger partial charge on any atom is 0.190 e. The van der Waals surface area contributed by atoms with Crippen molar-refractivity contribution < 1.29 is 4.79 Å². The van der Waals surface area contributed by atoms with Gasteiger partial charge in [0.2, 0.25) is 0 Å². The summed E-state index contributed by atoms with van der Waals surface area (Å²) in [6, 6.07) is 6.99. The number of ketones is 1. The molecule has 0 radical (unpaired) electrons. The van der Waals surface area contributed by atoms with Gasteiger partial charge in [-0.2, -0.15) is 0 Å². The van der Waals surface area contributed by atoms with E-state index in [1.165, 1.54) is 0 Å². The standard InChI is InChI=1S/C10H11NO/c1-7(2)10(12)8-5-3-4-6-9(8)11/h3-6H,1,11H2,2H3. The average molecular weight is 161 g/mol. The van der Waals surface area contributed by atoms with Gasteiger partial charge in [-0.1, -0.05) is 18.7 Å². The zero-order valence-electron chi connectivity index (χ0n) is 7.00. The van der Waals surface area contributed by atoms with Gasteiger partial charge in [0.1, 0.15) is 0 Å². The third-order valence-corrected chi connectivity index (χ3v) is 1.59. The van der Waals surface area contributed by atoms with E-state index in [4.69, 9.17) is 5.73 Å². The Bertz CT molecular complexity index is 328. The summed E-state index contributed by atoms with van der Waals surface area (Å²) in [6.07, 6.45) is 0. The van der Waals surface area contributed by atoms with E-state index in [1.807, 2.05) is 0 Å². The van der Waals surface area contributed by atoms with E-state index in [0.717, 1.165) is 0 Å². The molecule has 0 spiro atoms. The van der Waals surface area contributed by atoms with Crippen molar-refractivity contribution in [3.8, 4) is 0 Å². The lowest BCUT2D eigenvalue weighted by Crippen LogP contribution is -2.03. The van der Waals surface area contributed by atoms with Crippen LogP contribution in [0.1, 0.15) is 17.3 Å². The summed E-state index contributed by atoms with van der Waals surface area (Å²) in [6.45, 7) is 5.24. The lowest BCUT2D eigenvalue weighted by Gasteiger charge is -2.02. The molecule has 0 aliphatic rings. The predicted molar refractivity (Wildman–Crippen MR) is 50.0 cm³/mol. The number of para-hydroxylation sites is 1. The smallest absolute Gasteiger partial charge is 0.190 e. The molecule has 0 heterocycles. The van der Waals surface area contributed by atoms with Crippen LogP contribution < -0.4 is 5.73 Å². The molecule has 0 unspecified atom stereocenters. The maximum atomic E-state index is 11.4. The predicted octanol–water partition coefficient (Wildman–Crippen LogP) is 2.03. The Morgan fingerprint density at radius 3 is 2.50 bits per heavy atom. The van der Waals surface area contributed by atoms with Crippen molar-refractivity contribution in [1.29, 1.82) is 0 Å². The number of carbonyl (C=O) groups excluding carboxylic acids is 1. The van der Waals surface area contributed by atoms with Gasteiger partial charge >= 0.3 is 0 Å². The third-order valence-electron chi connectivity index (χ3n) is 1.59. The largest absolute Gasteiger partial charge is 0.398 e. The van der Waals surface area contributed by atoms with E-state index in [-0.39, 0.29) is 5.78 Å². The Kier molecular flexibility index (Phi) is 2.29. The quantitative estimate of drug-likeness (QED) is 0.409.